The number of halogens is 1. The summed E-state index contributed by atoms with van der Waals surface area (Å²) in [4.78, 5) is 24.1. The van der Waals surface area contributed by atoms with Crippen LogP contribution in [0.1, 0.15) is 20.3 Å². The van der Waals surface area contributed by atoms with Gasteiger partial charge in [-0.1, -0.05) is 29.8 Å². The molecule has 0 spiro atoms. The van der Waals surface area contributed by atoms with E-state index in [2.05, 4.69) is 15.9 Å². The topological polar surface area (TPSA) is 37.4 Å². The van der Waals surface area contributed by atoms with Crippen molar-refractivity contribution in [1.29, 1.82) is 0 Å². The first-order valence-electron chi connectivity index (χ1n) is 3.90. The summed E-state index contributed by atoms with van der Waals surface area (Å²) in [6.45, 7) is 4.10. The number of carbonyl (C=O) groups excluding carboxylic acids is 2. The maximum absolute atomic E-state index is 11.5. The van der Waals surface area contributed by atoms with E-state index in [-0.39, 0.29) is 11.8 Å². The lowest BCUT2D eigenvalue weighted by Gasteiger charge is -2.16. The van der Waals surface area contributed by atoms with Gasteiger partial charge in [0.1, 0.15) is 0 Å². The molecule has 3 nitrogen and oxygen atoms in total. The maximum atomic E-state index is 11.5. The Kier molecular flexibility index (Phi) is 2.56. The molecule has 0 N–H and O–H groups in total. The van der Waals surface area contributed by atoms with Crippen molar-refractivity contribution in [1.82, 2.24) is 4.90 Å². The van der Waals surface area contributed by atoms with Crippen LogP contribution in [0.5, 0.6) is 0 Å². The van der Waals surface area contributed by atoms with Crippen LogP contribution in [-0.2, 0) is 9.59 Å². The lowest BCUT2D eigenvalue weighted by molar-refractivity contribution is -0.140. The average molecular weight is 234 g/mol. The number of carbonyl (C=O) groups is 2. The highest BCUT2D eigenvalue weighted by Gasteiger charge is 2.44. The number of hydrogen-bond donors (Lipinski definition) is 0. The number of rotatable bonds is 2. The van der Waals surface area contributed by atoms with Crippen molar-refractivity contribution >= 4 is 27.7 Å². The van der Waals surface area contributed by atoms with Crippen LogP contribution in [0, 0.1) is 5.41 Å². The molecule has 0 radical (unpaired) electrons. The molecule has 0 saturated carbocycles. The fourth-order valence-corrected chi connectivity index (χ4v) is 1.69. The van der Waals surface area contributed by atoms with Crippen molar-refractivity contribution < 1.29 is 9.59 Å². The van der Waals surface area contributed by atoms with Crippen LogP contribution in [0.25, 0.3) is 0 Å². The highest BCUT2D eigenvalue weighted by Crippen LogP contribution is 2.31. The molecule has 68 valence electrons. The third kappa shape index (κ3) is 1.53. The van der Waals surface area contributed by atoms with E-state index in [0.717, 1.165) is 0 Å². The van der Waals surface area contributed by atoms with E-state index in [0.29, 0.717) is 18.3 Å². The van der Waals surface area contributed by atoms with E-state index >= 15 is 0 Å². The molecule has 4 heteroatoms. The standard InChI is InChI=1S/C8H12BrNO2/c1-8(2)5-6(11)10(4-3-9)7(8)12/h3-5H2,1-2H3. The van der Waals surface area contributed by atoms with E-state index in [1.54, 1.807) is 0 Å². The molecule has 0 aliphatic carbocycles. The maximum Gasteiger partial charge on any atom is 0.235 e. The summed E-state index contributed by atoms with van der Waals surface area (Å²) < 4.78 is 0. The molecule has 1 aliphatic heterocycles. The summed E-state index contributed by atoms with van der Waals surface area (Å²) in [6.07, 6.45) is 0.346. The van der Waals surface area contributed by atoms with Crippen molar-refractivity contribution in [2.24, 2.45) is 5.41 Å². The van der Waals surface area contributed by atoms with Crippen molar-refractivity contribution in [2.45, 2.75) is 20.3 Å². The van der Waals surface area contributed by atoms with Gasteiger partial charge in [-0.15, -0.1) is 0 Å². The first-order chi connectivity index (χ1) is 5.49. The second-order valence-electron chi connectivity index (χ2n) is 3.60. The van der Waals surface area contributed by atoms with Crippen molar-refractivity contribution in [3.05, 3.63) is 0 Å². The molecular formula is C8H12BrNO2. The minimum atomic E-state index is -0.487. The van der Waals surface area contributed by atoms with Crippen LogP contribution in [0.15, 0.2) is 0 Å². The second kappa shape index (κ2) is 3.17. The van der Waals surface area contributed by atoms with E-state index < -0.39 is 5.41 Å². The molecule has 1 aliphatic rings. The molecule has 0 bridgehead atoms. The molecule has 2 amide bonds. The number of imide groups is 1. The fraction of sp³-hybridized carbons (Fsp3) is 0.750. The number of likely N-dealkylation sites (tertiary alicyclic amines) is 1. The van der Waals surface area contributed by atoms with E-state index in [9.17, 15) is 9.59 Å². The monoisotopic (exact) mass is 233 g/mol. The lowest BCUT2D eigenvalue weighted by Crippen LogP contribution is -2.34. The summed E-state index contributed by atoms with van der Waals surface area (Å²) in [7, 11) is 0. The molecular weight excluding hydrogens is 222 g/mol. The van der Waals surface area contributed by atoms with Gasteiger partial charge in [0, 0.05) is 18.3 Å². The third-order valence-electron chi connectivity index (χ3n) is 2.03. The Morgan fingerprint density at radius 2 is 2.08 bits per heavy atom. The minimum Gasteiger partial charge on any atom is -0.281 e. The summed E-state index contributed by atoms with van der Waals surface area (Å²) in [5.74, 6) is -0.101. The molecule has 1 fully saturated rings. The molecule has 12 heavy (non-hydrogen) atoms. The van der Waals surface area contributed by atoms with Crippen LogP contribution in [0.4, 0.5) is 0 Å². The highest BCUT2D eigenvalue weighted by atomic mass is 79.9. The normalized spacial score (nSPS) is 22.1. The van der Waals surface area contributed by atoms with Crippen LogP contribution in [-0.4, -0.2) is 28.6 Å². The average Bonchev–Trinajstić information content (AvgIpc) is 2.13. The van der Waals surface area contributed by atoms with Crippen LogP contribution >= 0.6 is 15.9 Å². The van der Waals surface area contributed by atoms with Gasteiger partial charge in [-0.3, -0.25) is 14.5 Å². The lowest BCUT2D eigenvalue weighted by atomic mass is 9.92. The van der Waals surface area contributed by atoms with Gasteiger partial charge in [-0.05, 0) is 0 Å². The van der Waals surface area contributed by atoms with Gasteiger partial charge < -0.3 is 0 Å². The van der Waals surface area contributed by atoms with Gasteiger partial charge in [0.2, 0.25) is 11.8 Å². The molecule has 0 unspecified atom stereocenters. The zero-order chi connectivity index (χ0) is 9.35. The minimum absolute atomic E-state index is 0.0491. The quantitative estimate of drug-likeness (QED) is 0.531. The van der Waals surface area contributed by atoms with E-state index in [1.165, 1.54) is 4.90 Å². The predicted octanol–water partition coefficient (Wildman–Crippen LogP) is 1.17. The SMILES string of the molecule is CC1(C)CC(=O)N(CCBr)C1=O. The number of amides is 2. The second-order valence-corrected chi connectivity index (χ2v) is 4.39. The highest BCUT2D eigenvalue weighted by molar-refractivity contribution is 9.09. The predicted molar refractivity (Wildman–Crippen MR) is 48.9 cm³/mol. The first-order valence-corrected chi connectivity index (χ1v) is 5.02. The Balaban J connectivity index is 2.78. The molecule has 0 aromatic heterocycles. The molecule has 0 aromatic rings. The molecule has 0 aromatic carbocycles. The Morgan fingerprint density at radius 3 is 2.42 bits per heavy atom. The Bertz CT molecular complexity index is 225. The molecule has 1 saturated heterocycles. The van der Waals surface area contributed by atoms with Gasteiger partial charge in [0.15, 0.2) is 0 Å². The summed E-state index contributed by atoms with van der Waals surface area (Å²) in [5.41, 5.74) is -0.487. The number of nitrogens with zero attached hydrogens (tertiary/aromatic N) is 1. The zero-order valence-electron chi connectivity index (χ0n) is 7.26. The summed E-state index contributed by atoms with van der Waals surface area (Å²) in [5, 5.41) is 0.653. The van der Waals surface area contributed by atoms with E-state index in [1.807, 2.05) is 13.8 Å². The Morgan fingerprint density at radius 1 is 1.50 bits per heavy atom. The van der Waals surface area contributed by atoms with Crippen LogP contribution in [0.3, 0.4) is 0 Å². The van der Waals surface area contributed by atoms with Crippen molar-refractivity contribution in [3.8, 4) is 0 Å². The smallest absolute Gasteiger partial charge is 0.235 e. The van der Waals surface area contributed by atoms with E-state index in [4.69, 9.17) is 0 Å². The molecule has 1 heterocycles. The molecule has 1 rings (SSSR count). The zero-order valence-corrected chi connectivity index (χ0v) is 8.85. The number of hydrogen-bond acceptors (Lipinski definition) is 2. The summed E-state index contributed by atoms with van der Waals surface area (Å²) in [6, 6.07) is 0. The van der Waals surface area contributed by atoms with Crippen LogP contribution in [0.2, 0.25) is 0 Å². The third-order valence-corrected chi connectivity index (χ3v) is 2.38. The Hall–Kier alpha value is -0.380. The van der Waals surface area contributed by atoms with Gasteiger partial charge in [-0.2, -0.15) is 0 Å². The van der Waals surface area contributed by atoms with Gasteiger partial charge in [0.05, 0.1) is 5.41 Å². The van der Waals surface area contributed by atoms with Gasteiger partial charge >= 0.3 is 0 Å². The van der Waals surface area contributed by atoms with Crippen molar-refractivity contribution in [2.75, 3.05) is 11.9 Å². The number of alkyl halides is 1. The fourth-order valence-electron chi connectivity index (χ4n) is 1.34. The van der Waals surface area contributed by atoms with Gasteiger partial charge in [-0.25, -0.2) is 0 Å². The molecule has 0 atom stereocenters. The first kappa shape index (κ1) is 9.71. The van der Waals surface area contributed by atoms with Gasteiger partial charge in [0.25, 0.3) is 0 Å². The largest absolute Gasteiger partial charge is 0.281 e. The summed E-state index contributed by atoms with van der Waals surface area (Å²) >= 11 is 3.21. The Labute approximate surface area is 80.2 Å². The van der Waals surface area contributed by atoms with Crippen LogP contribution < -0.4 is 0 Å². The van der Waals surface area contributed by atoms with Crippen molar-refractivity contribution in [3.63, 3.8) is 0 Å².